The molecule has 1 heterocycles. The van der Waals surface area contributed by atoms with E-state index in [-0.39, 0.29) is 0 Å². The largest absolute Gasteiger partial charge is 0.490 e. The molecule has 0 amide bonds. The molecular formula is C12H11NO2. The third-order valence-corrected chi connectivity index (χ3v) is 2.12. The number of fused-ring (bicyclic) bond motifs is 1. The highest BCUT2D eigenvalue weighted by molar-refractivity contribution is 5.57. The second kappa shape index (κ2) is 4.52. The van der Waals surface area contributed by atoms with Crippen molar-refractivity contribution in [3.05, 3.63) is 29.8 Å². The number of ether oxygens (including phenoxy) is 2. The minimum Gasteiger partial charge on any atom is -0.490 e. The first kappa shape index (κ1) is 9.60. The molecule has 3 nitrogen and oxygen atoms in total. The fourth-order valence-electron chi connectivity index (χ4n) is 1.42. The van der Waals surface area contributed by atoms with Gasteiger partial charge in [0.05, 0.1) is 19.3 Å². The quantitative estimate of drug-likeness (QED) is 0.655. The SMILES string of the molecule is N#CC=Cc1ccc2c(c1)OCCCO2. The first-order valence-electron chi connectivity index (χ1n) is 4.86. The molecule has 1 aromatic rings. The summed E-state index contributed by atoms with van der Waals surface area (Å²) in [5.41, 5.74) is 0.945. The van der Waals surface area contributed by atoms with Crippen LogP contribution in [0.2, 0.25) is 0 Å². The Kier molecular flexibility index (Phi) is 2.89. The van der Waals surface area contributed by atoms with Gasteiger partial charge in [0.1, 0.15) is 0 Å². The van der Waals surface area contributed by atoms with E-state index in [1.165, 1.54) is 6.08 Å². The molecule has 1 aromatic carbocycles. The molecule has 0 saturated carbocycles. The zero-order chi connectivity index (χ0) is 10.5. The molecule has 0 N–H and O–H groups in total. The minimum atomic E-state index is 0.679. The van der Waals surface area contributed by atoms with E-state index in [1.54, 1.807) is 6.08 Å². The van der Waals surface area contributed by atoms with Crippen LogP contribution in [0.4, 0.5) is 0 Å². The number of rotatable bonds is 1. The van der Waals surface area contributed by atoms with Gasteiger partial charge in [0.2, 0.25) is 0 Å². The Hall–Kier alpha value is -1.95. The lowest BCUT2D eigenvalue weighted by Crippen LogP contribution is -1.97. The van der Waals surface area contributed by atoms with Crippen molar-refractivity contribution in [2.45, 2.75) is 6.42 Å². The predicted molar refractivity (Wildman–Crippen MR) is 56.7 cm³/mol. The normalized spacial score (nSPS) is 14.6. The molecule has 3 heteroatoms. The number of hydrogen-bond donors (Lipinski definition) is 0. The highest BCUT2D eigenvalue weighted by Gasteiger charge is 2.09. The fourth-order valence-corrected chi connectivity index (χ4v) is 1.42. The monoisotopic (exact) mass is 201 g/mol. The van der Waals surface area contributed by atoms with Crippen LogP contribution in [0.1, 0.15) is 12.0 Å². The highest BCUT2D eigenvalue weighted by atomic mass is 16.5. The van der Waals surface area contributed by atoms with Crippen LogP contribution in [-0.2, 0) is 0 Å². The van der Waals surface area contributed by atoms with E-state index in [1.807, 2.05) is 24.3 Å². The van der Waals surface area contributed by atoms with Crippen LogP contribution in [0, 0.1) is 11.3 Å². The number of nitrogens with zero attached hydrogens (tertiary/aromatic N) is 1. The van der Waals surface area contributed by atoms with Gasteiger partial charge in [-0.05, 0) is 23.8 Å². The summed E-state index contributed by atoms with van der Waals surface area (Å²) in [6, 6.07) is 7.62. The summed E-state index contributed by atoms with van der Waals surface area (Å²) in [7, 11) is 0. The first-order chi connectivity index (χ1) is 7.40. The molecule has 0 aromatic heterocycles. The Morgan fingerprint density at radius 1 is 1.20 bits per heavy atom. The van der Waals surface area contributed by atoms with Crippen LogP contribution in [0.5, 0.6) is 11.5 Å². The maximum atomic E-state index is 8.42. The Morgan fingerprint density at radius 3 is 2.80 bits per heavy atom. The van der Waals surface area contributed by atoms with E-state index in [9.17, 15) is 0 Å². The second-order valence-corrected chi connectivity index (χ2v) is 3.22. The van der Waals surface area contributed by atoms with Gasteiger partial charge in [-0.1, -0.05) is 6.07 Å². The van der Waals surface area contributed by atoms with Gasteiger partial charge in [0.25, 0.3) is 0 Å². The topological polar surface area (TPSA) is 42.2 Å². The number of hydrogen-bond acceptors (Lipinski definition) is 3. The molecule has 0 fully saturated rings. The van der Waals surface area contributed by atoms with E-state index < -0.39 is 0 Å². The summed E-state index contributed by atoms with van der Waals surface area (Å²) in [5.74, 6) is 1.54. The number of allylic oxidation sites excluding steroid dienone is 1. The van der Waals surface area contributed by atoms with Crippen molar-refractivity contribution in [1.29, 1.82) is 5.26 Å². The van der Waals surface area contributed by atoms with E-state index in [0.29, 0.717) is 13.2 Å². The molecule has 1 aliphatic heterocycles. The van der Waals surface area contributed by atoms with Crippen molar-refractivity contribution in [2.75, 3.05) is 13.2 Å². The smallest absolute Gasteiger partial charge is 0.161 e. The maximum Gasteiger partial charge on any atom is 0.161 e. The summed E-state index contributed by atoms with van der Waals surface area (Å²) in [6.07, 6.45) is 4.09. The molecule has 15 heavy (non-hydrogen) atoms. The highest BCUT2D eigenvalue weighted by Crippen LogP contribution is 2.30. The standard InChI is InChI=1S/C12H11NO2/c13-6-1-3-10-4-5-11-12(9-10)15-8-2-7-14-11/h1,3-5,9H,2,7-8H2. The molecule has 0 aliphatic carbocycles. The van der Waals surface area contributed by atoms with Gasteiger partial charge in [0, 0.05) is 12.5 Å². The Bertz CT molecular complexity index is 418. The van der Waals surface area contributed by atoms with Crippen LogP contribution >= 0.6 is 0 Å². The molecule has 0 unspecified atom stereocenters. The van der Waals surface area contributed by atoms with Crippen LogP contribution < -0.4 is 9.47 Å². The summed E-state index contributed by atoms with van der Waals surface area (Å²) < 4.78 is 11.0. The molecule has 76 valence electrons. The van der Waals surface area contributed by atoms with Gasteiger partial charge < -0.3 is 9.47 Å². The molecular weight excluding hydrogens is 190 g/mol. The second-order valence-electron chi connectivity index (χ2n) is 3.22. The molecule has 1 aliphatic rings. The summed E-state index contributed by atoms with van der Waals surface area (Å²) >= 11 is 0. The van der Waals surface area contributed by atoms with Crippen LogP contribution in [0.25, 0.3) is 6.08 Å². The average molecular weight is 201 g/mol. The van der Waals surface area contributed by atoms with Crippen molar-refractivity contribution in [1.82, 2.24) is 0 Å². The van der Waals surface area contributed by atoms with E-state index in [4.69, 9.17) is 14.7 Å². The van der Waals surface area contributed by atoms with Crippen molar-refractivity contribution in [2.24, 2.45) is 0 Å². The number of nitriles is 1. The van der Waals surface area contributed by atoms with E-state index >= 15 is 0 Å². The lowest BCUT2D eigenvalue weighted by molar-refractivity contribution is 0.297. The Labute approximate surface area is 88.5 Å². The van der Waals surface area contributed by atoms with Crippen molar-refractivity contribution in [3.8, 4) is 17.6 Å². The summed E-state index contributed by atoms with van der Waals surface area (Å²) in [4.78, 5) is 0. The third kappa shape index (κ3) is 2.29. The molecule has 0 radical (unpaired) electrons. The van der Waals surface area contributed by atoms with Gasteiger partial charge in [-0.3, -0.25) is 0 Å². The van der Waals surface area contributed by atoms with E-state index in [2.05, 4.69) is 0 Å². The van der Waals surface area contributed by atoms with Gasteiger partial charge in [0.15, 0.2) is 11.5 Å². The van der Waals surface area contributed by atoms with Gasteiger partial charge in [-0.25, -0.2) is 0 Å². The third-order valence-electron chi connectivity index (χ3n) is 2.12. The molecule has 2 rings (SSSR count). The number of benzene rings is 1. The minimum absolute atomic E-state index is 0.679. The van der Waals surface area contributed by atoms with Crippen LogP contribution in [0.15, 0.2) is 24.3 Å². The Morgan fingerprint density at radius 2 is 2.00 bits per heavy atom. The van der Waals surface area contributed by atoms with Gasteiger partial charge in [-0.15, -0.1) is 0 Å². The van der Waals surface area contributed by atoms with Crippen molar-refractivity contribution < 1.29 is 9.47 Å². The average Bonchev–Trinajstić information content (AvgIpc) is 2.50. The molecule has 0 saturated heterocycles. The van der Waals surface area contributed by atoms with Crippen molar-refractivity contribution >= 4 is 6.08 Å². The maximum absolute atomic E-state index is 8.42. The fraction of sp³-hybridized carbons (Fsp3) is 0.250. The summed E-state index contributed by atoms with van der Waals surface area (Å²) in [6.45, 7) is 1.37. The van der Waals surface area contributed by atoms with Gasteiger partial charge in [-0.2, -0.15) is 5.26 Å². The lowest BCUT2D eigenvalue weighted by Gasteiger charge is -2.07. The molecule has 0 bridgehead atoms. The van der Waals surface area contributed by atoms with Crippen LogP contribution in [-0.4, -0.2) is 13.2 Å². The Balaban J connectivity index is 2.28. The van der Waals surface area contributed by atoms with Crippen molar-refractivity contribution in [3.63, 3.8) is 0 Å². The zero-order valence-electron chi connectivity index (χ0n) is 8.27. The molecule has 0 spiro atoms. The van der Waals surface area contributed by atoms with Crippen LogP contribution in [0.3, 0.4) is 0 Å². The first-order valence-corrected chi connectivity index (χ1v) is 4.86. The summed E-state index contributed by atoms with van der Waals surface area (Å²) in [5, 5.41) is 8.42. The zero-order valence-corrected chi connectivity index (χ0v) is 8.27. The lowest BCUT2D eigenvalue weighted by atomic mass is 10.2. The van der Waals surface area contributed by atoms with E-state index in [0.717, 1.165) is 23.5 Å². The molecule has 0 atom stereocenters. The predicted octanol–water partition coefficient (Wildman–Crippen LogP) is 2.38. The van der Waals surface area contributed by atoms with Gasteiger partial charge >= 0.3 is 0 Å².